The van der Waals surface area contributed by atoms with Crippen molar-refractivity contribution in [2.24, 2.45) is 0 Å². The molecule has 0 radical (unpaired) electrons. The van der Waals surface area contributed by atoms with Crippen LogP contribution in [-0.2, 0) is 10.0 Å². The molecule has 2 amide bonds. The fraction of sp³-hybridized carbons (Fsp3) is 0.462. The average molecular weight is 332 g/mol. The Morgan fingerprint density at radius 1 is 1.24 bits per heavy atom. The molecule has 1 N–H and O–H groups in total. The quantitative estimate of drug-likeness (QED) is 0.899. The average Bonchev–Trinajstić information content (AvgIpc) is 2.63. The van der Waals surface area contributed by atoms with Crippen LogP contribution < -0.4 is 5.32 Å². The van der Waals surface area contributed by atoms with Gasteiger partial charge in [-0.15, -0.1) is 0 Å². The monoisotopic (exact) mass is 331 g/mol. The molecule has 8 heteroatoms. The first kappa shape index (κ1) is 16.1. The van der Waals surface area contributed by atoms with E-state index in [4.69, 9.17) is 11.6 Å². The van der Waals surface area contributed by atoms with E-state index in [2.05, 4.69) is 5.32 Å². The summed E-state index contributed by atoms with van der Waals surface area (Å²) in [5, 5.41) is 3.32. The number of nitrogens with zero attached hydrogens (tertiary/aromatic N) is 2. The molecule has 1 fully saturated rings. The number of anilines is 1. The van der Waals surface area contributed by atoms with Crippen LogP contribution in [0.1, 0.15) is 6.42 Å². The van der Waals surface area contributed by atoms with Crippen molar-refractivity contribution in [3.05, 3.63) is 29.3 Å². The number of carbonyl (C=O) groups is 1. The molecule has 1 heterocycles. The van der Waals surface area contributed by atoms with Gasteiger partial charge in [-0.25, -0.2) is 17.5 Å². The lowest BCUT2D eigenvalue weighted by Crippen LogP contribution is -2.39. The molecule has 2 rings (SSSR count). The lowest BCUT2D eigenvalue weighted by atomic mass is 10.3. The van der Waals surface area contributed by atoms with Gasteiger partial charge in [-0.05, 0) is 24.6 Å². The normalized spacial score (nSPS) is 17.3. The van der Waals surface area contributed by atoms with E-state index in [1.54, 1.807) is 29.2 Å². The van der Waals surface area contributed by atoms with Crippen LogP contribution in [0.15, 0.2) is 24.3 Å². The third-order valence-corrected chi connectivity index (χ3v) is 4.83. The van der Waals surface area contributed by atoms with Gasteiger partial charge in [-0.3, -0.25) is 0 Å². The van der Waals surface area contributed by atoms with Crippen LogP contribution in [0.2, 0.25) is 5.02 Å². The lowest BCUT2D eigenvalue weighted by Gasteiger charge is -2.21. The fourth-order valence-electron chi connectivity index (χ4n) is 2.20. The minimum Gasteiger partial charge on any atom is -0.323 e. The van der Waals surface area contributed by atoms with E-state index in [0.717, 1.165) is 0 Å². The van der Waals surface area contributed by atoms with Crippen LogP contribution >= 0.6 is 11.6 Å². The molecular weight excluding hydrogens is 314 g/mol. The number of sulfonamides is 1. The van der Waals surface area contributed by atoms with E-state index in [1.165, 1.54) is 10.6 Å². The van der Waals surface area contributed by atoms with Crippen molar-refractivity contribution in [2.75, 3.05) is 37.8 Å². The molecular formula is C13H18ClN3O3S. The van der Waals surface area contributed by atoms with Gasteiger partial charge in [0.2, 0.25) is 10.0 Å². The molecule has 0 aliphatic carbocycles. The third kappa shape index (κ3) is 4.59. The van der Waals surface area contributed by atoms with Gasteiger partial charge in [0.25, 0.3) is 0 Å². The summed E-state index contributed by atoms with van der Waals surface area (Å²) in [7, 11) is -3.21. The van der Waals surface area contributed by atoms with Gasteiger partial charge in [0.1, 0.15) is 0 Å². The maximum atomic E-state index is 12.2. The number of rotatable bonds is 2. The highest BCUT2D eigenvalue weighted by Crippen LogP contribution is 2.16. The number of hydrogen-bond acceptors (Lipinski definition) is 3. The first-order valence-electron chi connectivity index (χ1n) is 6.63. The largest absolute Gasteiger partial charge is 0.323 e. The molecule has 6 nitrogen and oxygen atoms in total. The topological polar surface area (TPSA) is 69.7 Å². The van der Waals surface area contributed by atoms with Crippen molar-refractivity contribution in [2.45, 2.75) is 6.42 Å². The van der Waals surface area contributed by atoms with Crippen molar-refractivity contribution in [3.63, 3.8) is 0 Å². The van der Waals surface area contributed by atoms with E-state index < -0.39 is 10.0 Å². The van der Waals surface area contributed by atoms with Crippen molar-refractivity contribution in [1.29, 1.82) is 0 Å². The zero-order valence-corrected chi connectivity index (χ0v) is 13.3. The summed E-state index contributed by atoms with van der Waals surface area (Å²) in [6, 6.07) is 6.66. The summed E-state index contributed by atoms with van der Waals surface area (Å²) in [6.45, 7) is 1.67. The second-order valence-corrected chi connectivity index (χ2v) is 7.36. The SMILES string of the molecule is CS(=O)(=O)N1CCCN(C(=O)Nc2cccc(Cl)c2)CC1. The second kappa shape index (κ2) is 6.64. The molecule has 1 saturated heterocycles. The maximum Gasteiger partial charge on any atom is 0.321 e. The summed E-state index contributed by atoms with van der Waals surface area (Å²) in [4.78, 5) is 13.8. The van der Waals surface area contributed by atoms with E-state index >= 15 is 0 Å². The van der Waals surface area contributed by atoms with Gasteiger partial charge in [0, 0.05) is 36.9 Å². The zero-order valence-electron chi connectivity index (χ0n) is 11.8. The first-order chi connectivity index (χ1) is 9.86. The molecule has 0 saturated carbocycles. The van der Waals surface area contributed by atoms with Gasteiger partial charge in [0.05, 0.1) is 6.26 Å². The van der Waals surface area contributed by atoms with Gasteiger partial charge >= 0.3 is 6.03 Å². The summed E-state index contributed by atoms with van der Waals surface area (Å²) in [5.41, 5.74) is 0.622. The van der Waals surface area contributed by atoms with Crippen molar-refractivity contribution < 1.29 is 13.2 Å². The van der Waals surface area contributed by atoms with Crippen molar-refractivity contribution in [1.82, 2.24) is 9.21 Å². The van der Waals surface area contributed by atoms with Gasteiger partial charge in [-0.2, -0.15) is 0 Å². The highest BCUT2D eigenvalue weighted by Gasteiger charge is 2.23. The van der Waals surface area contributed by atoms with Crippen LogP contribution in [0.5, 0.6) is 0 Å². The van der Waals surface area contributed by atoms with Crippen LogP contribution in [0.25, 0.3) is 0 Å². The smallest absolute Gasteiger partial charge is 0.321 e. The highest BCUT2D eigenvalue weighted by atomic mass is 35.5. The molecule has 0 atom stereocenters. The van der Waals surface area contributed by atoms with Crippen LogP contribution in [0.4, 0.5) is 10.5 Å². The summed E-state index contributed by atoms with van der Waals surface area (Å²) < 4.78 is 24.5. The number of benzene rings is 1. The maximum absolute atomic E-state index is 12.2. The van der Waals surface area contributed by atoms with E-state index in [1.807, 2.05) is 0 Å². The molecule has 1 aliphatic heterocycles. The summed E-state index contributed by atoms with van der Waals surface area (Å²) in [5.74, 6) is 0. The number of amides is 2. The molecule has 0 spiro atoms. The van der Waals surface area contributed by atoms with E-state index in [-0.39, 0.29) is 6.03 Å². The molecule has 1 aromatic rings. The van der Waals surface area contributed by atoms with Gasteiger partial charge in [-0.1, -0.05) is 17.7 Å². The Labute approximate surface area is 129 Å². The zero-order chi connectivity index (χ0) is 15.5. The molecule has 0 bridgehead atoms. The standard InChI is InChI=1S/C13H18ClN3O3S/c1-21(19,20)17-7-3-6-16(8-9-17)13(18)15-12-5-2-4-11(14)10-12/h2,4-5,10H,3,6-9H2,1H3,(H,15,18). The lowest BCUT2D eigenvalue weighted by molar-refractivity contribution is 0.214. The number of carbonyl (C=O) groups excluding carboxylic acids is 1. The molecule has 1 aliphatic rings. The highest BCUT2D eigenvalue weighted by molar-refractivity contribution is 7.88. The van der Waals surface area contributed by atoms with E-state index in [9.17, 15) is 13.2 Å². The molecule has 0 aromatic heterocycles. The minimum absolute atomic E-state index is 0.243. The predicted molar refractivity (Wildman–Crippen MR) is 83.1 cm³/mol. The molecule has 116 valence electrons. The van der Waals surface area contributed by atoms with Crippen molar-refractivity contribution in [3.8, 4) is 0 Å². The van der Waals surface area contributed by atoms with Crippen LogP contribution in [-0.4, -0.2) is 56.1 Å². The minimum atomic E-state index is -3.21. The van der Waals surface area contributed by atoms with Crippen molar-refractivity contribution >= 4 is 33.3 Å². The van der Waals surface area contributed by atoms with E-state index in [0.29, 0.717) is 43.3 Å². The Hall–Kier alpha value is -1.31. The third-order valence-electron chi connectivity index (χ3n) is 3.29. The fourth-order valence-corrected chi connectivity index (χ4v) is 3.26. The Morgan fingerprint density at radius 3 is 2.67 bits per heavy atom. The number of urea groups is 1. The Morgan fingerprint density at radius 2 is 2.00 bits per heavy atom. The molecule has 1 aromatic carbocycles. The molecule has 0 unspecified atom stereocenters. The van der Waals surface area contributed by atoms with Gasteiger partial charge in [0.15, 0.2) is 0 Å². The number of halogens is 1. The number of hydrogen-bond donors (Lipinski definition) is 1. The Balaban J connectivity index is 1.97. The Kier molecular flexibility index (Phi) is 5.08. The summed E-state index contributed by atoms with van der Waals surface area (Å²) in [6.07, 6.45) is 1.81. The Bertz CT molecular complexity index is 621. The van der Waals surface area contributed by atoms with Crippen LogP contribution in [0, 0.1) is 0 Å². The van der Waals surface area contributed by atoms with Crippen LogP contribution in [0.3, 0.4) is 0 Å². The molecule has 21 heavy (non-hydrogen) atoms. The summed E-state index contributed by atoms with van der Waals surface area (Å²) >= 11 is 5.87. The first-order valence-corrected chi connectivity index (χ1v) is 8.85. The predicted octanol–water partition coefficient (Wildman–Crippen LogP) is 1.84. The van der Waals surface area contributed by atoms with Gasteiger partial charge < -0.3 is 10.2 Å². The number of nitrogens with one attached hydrogen (secondary N) is 1. The second-order valence-electron chi connectivity index (χ2n) is 4.94.